The van der Waals surface area contributed by atoms with E-state index in [0.29, 0.717) is 85.0 Å². The predicted molar refractivity (Wildman–Crippen MR) is 91.0 cm³/mol. The Morgan fingerprint density at radius 3 is 1.29 bits per heavy atom. The van der Waals surface area contributed by atoms with Gasteiger partial charge in [0.05, 0.1) is 78.1 Å². The van der Waals surface area contributed by atoms with E-state index in [1.807, 2.05) is 6.92 Å². The average Bonchev–Trinajstić information content (AvgIpc) is 2.56. The Bertz CT molecular complexity index is 284. The first kappa shape index (κ1) is 22.9. The van der Waals surface area contributed by atoms with Gasteiger partial charge in [-0.15, -0.1) is 0 Å². The van der Waals surface area contributed by atoms with Crippen LogP contribution in [0.25, 0.3) is 0 Å². The summed E-state index contributed by atoms with van der Waals surface area (Å²) < 4.78 is 36.8. The molecule has 0 fully saturated rings. The maximum absolute atomic E-state index is 5.37. The van der Waals surface area contributed by atoms with E-state index >= 15 is 0 Å². The third kappa shape index (κ3) is 20.9. The lowest BCUT2D eigenvalue weighted by atomic mass is 10.6. The van der Waals surface area contributed by atoms with Gasteiger partial charge in [0, 0.05) is 0 Å². The minimum atomic E-state index is 0.514. The molecule has 0 atom stereocenters. The Balaban J connectivity index is 2.98. The number of hydrogen-bond acceptors (Lipinski definition) is 7. The Hall–Kier alpha value is -1.12. The smallest absolute Gasteiger partial charge is 0.111 e. The van der Waals surface area contributed by atoms with Crippen molar-refractivity contribution in [3.63, 3.8) is 0 Å². The van der Waals surface area contributed by atoms with E-state index in [1.165, 1.54) is 6.26 Å². The number of ether oxygens (including phenoxy) is 7. The minimum absolute atomic E-state index is 0.514. The van der Waals surface area contributed by atoms with Gasteiger partial charge in [-0.3, -0.25) is 0 Å². The predicted octanol–water partition coefficient (Wildman–Crippen LogP) is 1.78. The molecule has 0 bridgehead atoms. The summed E-state index contributed by atoms with van der Waals surface area (Å²) in [6.07, 6.45) is 1.40. The van der Waals surface area contributed by atoms with Crippen molar-refractivity contribution in [3.05, 3.63) is 25.2 Å². The standard InChI is InChI=1S/C17H32O7/c1-4-18-5-6-19-7-8-20-9-10-21-11-12-22-13-14-23-15-16-24-17(2)3/h4H,1-2,5-16H2,3H3. The van der Waals surface area contributed by atoms with Crippen LogP contribution in [0.1, 0.15) is 6.92 Å². The maximum Gasteiger partial charge on any atom is 0.111 e. The number of hydrogen-bond donors (Lipinski definition) is 0. The molecule has 0 amide bonds. The molecule has 142 valence electrons. The molecule has 0 spiro atoms. The van der Waals surface area contributed by atoms with Crippen LogP contribution in [0.5, 0.6) is 0 Å². The normalized spacial score (nSPS) is 10.5. The van der Waals surface area contributed by atoms with Crippen molar-refractivity contribution >= 4 is 0 Å². The van der Waals surface area contributed by atoms with Crippen molar-refractivity contribution in [2.75, 3.05) is 79.3 Å². The molecule has 7 heteroatoms. The molecule has 0 unspecified atom stereocenters. The zero-order chi connectivity index (χ0) is 17.7. The number of allylic oxidation sites excluding steroid dienone is 1. The number of rotatable bonds is 20. The third-order valence-corrected chi connectivity index (χ3v) is 2.53. The molecule has 7 nitrogen and oxygen atoms in total. The molecule has 0 saturated heterocycles. The molecule has 0 aliphatic rings. The zero-order valence-corrected chi connectivity index (χ0v) is 14.8. The highest BCUT2D eigenvalue weighted by atomic mass is 16.6. The molecule has 0 N–H and O–H groups in total. The fourth-order valence-electron chi connectivity index (χ4n) is 1.45. The summed E-state index contributed by atoms with van der Waals surface area (Å²) in [5.74, 6) is 0.696. The average molecular weight is 348 g/mol. The van der Waals surface area contributed by atoms with Crippen molar-refractivity contribution in [1.82, 2.24) is 0 Å². The quantitative estimate of drug-likeness (QED) is 0.245. The molecular weight excluding hydrogens is 316 g/mol. The van der Waals surface area contributed by atoms with Crippen molar-refractivity contribution in [3.8, 4) is 0 Å². The van der Waals surface area contributed by atoms with E-state index in [9.17, 15) is 0 Å². The van der Waals surface area contributed by atoms with E-state index in [0.717, 1.165) is 0 Å². The molecule has 24 heavy (non-hydrogen) atoms. The molecule has 0 aromatic rings. The Morgan fingerprint density at radius 1 is 0.625 bits per heavy atom. The van der Waals surface area contributed by atoms with Gasteiger partial charge in [0.25, 0.3) is 0 Å². The lowest BCUT2D eigenvalue weighted by Crippen LogP contribution is -2.14. The van der Waals surface area contributed by atoms with Gasteiger partial charge in [-0.05, 0) is 6.92 Å². The SMILES string of the molecule is C=COCCOCCOCCOCCOCCOCCOC(=C)C. The van der Waals surface area contributed by atoms with E-state index in [1.54, 1.807) is 0 Å². The van der Waals surface area contributed by atoms with Gasteiger partial charge in [0.2, 0.25) is 0 Å². The lowest BCUT2D eigenvalue weighted by Gasteiger charge is -2.08. The van der Waals surface area contributed by atoms with Crippen LogP contribution in [-0.4, -0.2) is 79.3 Å². The molecule has 0 rings (SSSR count). The summed E-state index contributed by atoms with van der Waals surface area (Å²) in [7, 11) is 0. The van der Waals surface area contributed by atoms with Gasteiger partial charge in [0.15, 0.2) is 0 Å². The van der Waals surface area contributed by atoms with Gasteiger partial charge >= 0.3 is 0 Å². The second-order valence-electron chi connectivity index (χ2n) is 4.65. The van der Waals surface area contributed by atoms with Crippen molar-refractivity contribution in [2.24, 2.45) is 0 Å². The molecular formula is C17H32O7. The summed E-state index contributed by atoms with van der Waals surface area (Å²) in [4.78, 5) is 0. The topological polar surface area (TPSA) is 64.6 Å². The Kier molecular flexibility index (Phi) is 19.0. The molecule has 0 radical (unpaired) electrons. The highest BCUT2D eigenvalue weighted by molar-refractivity contribution is 4.72. The van der Waals surface area contributed by atoms with Crippen molar-refractivity contribution < 1.29 is 33.2 Å². The van der Waals surface area contributed by atoms with Crippen LogP contribution in [0, 0.1) is 0 Å². The molecule has 0 saturated carbocycles. The molecule has 0 aliphatic heterocycles. The highest BCUT2D eigenvalue weighted by Gasteiger charge is 1.94. The Labute approximate surface area is 145 Å². The first-order valence-electron chi connectivity index (χ1n) is 8.17. The van der Waals surface area contributed by atoms with Crippen LogP contribution in [0.2, 0.25) is 0 Å². The van der Waals surface area contributed by atoms with E-state index in [2.05, 4.69) is 13.2 Å². The van der Waals surface area contributed by atoms with E-state index in [4.69, 9.17) is 33.2 Å². The van der Waals surface area contributed by atoms with Gasteiger partial charge < -0.3 is 33.2 Å². The van der Waals surface area contributed by atoms with Gasteiger partial charge in [-0.2, -0.15) is 0 Å². The molecule has 0 aromatic heterocycles. The second kappa shape index (κ2) is 19.9. The van der Waals surface area contributed by atoms with Gasteiger partial charge in [0.1, 0.15) is 13.2 Å². The lowest BCUT2D eigenvalue weighted by molar-refractivity contribution is -0.0162. The van der Waals surface area contributed by atoms with Crippen LogP contribution >= 0.6 is 0 Å². The van der Waals surface area contributed by atoms with E-state index < -0.39 is 0 Å². The molecule has 0 aromatic carbocycles. The maximum atomic E-state index is 5.37. The van der Waals surface area contributed by atoms with Crippen LogP contribution in [0.15, 0.2) is 25.2 Å². The monoisotopic (exact) mass is 348 g/mol. The summed E-state index contributed by atoms with van der Waals surface area (Å²) in [6.45, 7) is 15.3. The van der Waals surface area contributed by atoms with Crippen LogP contribution in [0.3, 0.4) is 0 Å². The fraction of sp³-hybridized carbons (Fsp3) is 0.765. The van der Waals surface area contributed by atoms with Gasteiger partial charge in [-0.1, -0.05) is 13.2 Å². The van der Waals surface area contributed by atoms with Crippen LogP contribution < -0.4 is 0 Å². The summed E-state index contributed by atoms with van der Waals surface area (Å²) in [5, 5.41) is 0. The molecule has 0 heterocycles. The summed E-state index contributed by atoms with van der Waals surface area (Å²) in [5.41, 5.74) is 0. The summed E-state index contributed by atoms with van der Waals surface area (Å²) >= 11 is 0. The molecule has 0 aliphatic carbocycles. The highest BCUT2D eigenvalue weighted by Crippen LogP contribution is 1.89. The third-order valence-electron chi connectivity index (χ3n) is 2.53. The fourth-order valence-corrected chi connectivity index (χ4v) is 1.45. The Morgan fingerprint density at radius 2 is 0.958 bits per heavy atom. The van der Waals surface area contributed by atoms with Crippen LogP contribution in [-0.2, 0) is 33.2 Å². The van der Waals surface area contributed by atoms with Crippen molar-refractivity contribution in [1.29, 1.82) is 0 Å². The van der Waals surface area contributed by atoms with Crippen LogP contribution in [0.4, 0.5) is 0 Å². The zero-order valence-electron chi connectivity index (χ0n) is 14.8. The second-order valence-corrected chi connectivity index (χ2v) is 4.65. The first-order valence-corrected chi connectivity index (χ1v) is 8.17. The van der Waals surface area contributed by atoms with E-state index in [-0.39, 0.29) is 0 Å². The minimum Gasteiger partial charge on any atom is -0.499 e. The first-order chi connectivity index (χ1) is 11.8. The van der Waals surface area contributed by atoms with Gasteiger partial charge in [-0.25, -0.2) is 0 Å². The summed E-state index contributed by atoms with van der Waals surface area (Å²) in [6, 6.07) is 0. The van der Waals surface area contributed by atoms with Crippen molar-refractivity contribution in [2.45, 2.75) is 6.92 Å². The largest absolute Gasteiger partial charge is 0.499 e.